The van der Waals surface area contributed by atoms with Gasteiger partial charge in [0.2, 0.25) is 5.91 Å². The molecule has 0 radical (unpaired) electrons. The van der Waals surface area contributed by atoms with Gasteiger partial charge in [-0.3, -0.25) is 13.8 Å². The molecule has 0 aliphatic heterocycles. The number of hydrogen-bond donors (Lipinski definition) is 3. The van der Waals surface area contributed by atoms with E-state index in [4.69, 9.17) is 9.05 Å². The molecule has 9 heteroatoms. The number of phosphoric acid groups is 1. The largest absolute Gasteiger partial charge is 0.472 e. The van der Waals surface area contributed by atoms with E-state index in [0.717, 1.165) is 38.5 Å². The van der Waals surface area contributed by atoms with Crippen molar-refractivity contribution in [3.63, 3.8) is 0 Å². The van der Waals surface area contributed by atoms with Gasteiger partial charge in [-0.15, -0.1) is 0 Å². The Morgan fingerprint density at radius 1 is 0.579 bits per heavy atom. The lowest BCUT2D eigenvalue weighted by molar-refractivity contribution is -0.870. The average molecular weight is 828 g/mol. The van der Waals surface area contributed by atoms with Gasteiger partial charge >= 0.3 is 7.82 Å². The Hall–Kier alpha value is -1.02. The number of nitrogens with zero attached hydrogens (tertiary/aromatic N) is 1. The standard InChI is InChI=1S/C48H95N2O6P/c1-6-8-10-12-14-16-18-20-22-24-26-27-29-31-33-35-37-39-41-47(51)46(45-56-57(53,54)55-44-43-50(3,4)5)49-48(52)42-40-38-36-34-32-30-28-25-23-21-19-17-15-13-11-9-7-2/h31,33,39,41,46-47,51H,6-30,32,34-38,40,42-45H2,1-5H3,(H-,49,52,53,54)/p+1/b33-31+,41-39+. The molecule has 338 valence electrons. The number of carbonyl (C=O) groups is 1. The first-order chi connectivity index (χ1) is 27.5. The summed E-state index contributed by atoms with van der Waals surface area (Å²) < 4.78 is 23.6. The quantitative estimate of drug-likeness (QED) is 0.0244. The molecule has 0 bridgehead atoms. The fraction of sp³-hybridized carbons (Fsp3) is 0.896. The monoisotopic (exact) mass is 828 g/mol. The molecule has 3 unspecified atom stereocenters. The van der Waals surface area contributed by atoms with Crippen LogP contribution in [0.25, 0.3) is 0 Å². The van der Waals surface area contributed by atoms with Crippen LogP contribution in [-0.4, -0.2) is 73.4 Å². The molecule has 0 rings (SSSR count). The van der Waals surface area contributed by atoms with Gasteiger partial charge in [0.1, 0.15) is 13.2 Å². The number of hydrogen-bond acceptors (Lipinski definition) is 5. The van der Waals surface area contributed by atoms with E-state index in [2.05, 4.69) is 31.3 Å². The fourth-order valence-corrected chi connectivity index (χ4v) is 7.79. The van der Waals surface area contributed by atoms with E-state index in [1.807, 2.05) is 27.2 Å². The zero-order valence-corrected chi connectivity index (χ0v) is 39.2. The highest BCUT2D eigenvalue weighted by Gasteiger charge is 2.27. The normalized spacial score (nSPS) is 14.4. The van der Waals surface area contributed by atoms with E-state index in [-0.39, 0.29) is 19.1 Å². The number of amides is 1. The number of likely N-dealkylation sites (N-methyl/N-ethyl adjacent to an activating group) is 1. The van der Waals surface area contributed by atoms with Gasteiger partial charge in [-0.25, -0.2) is 4.57 Å². The first kappa shape index (κ1) is 56.0. The van der Waals surface area contributed by atoms with E-state index < -0.39 is 20.0 Å². The summed E-state index contributed by atoms with van der Waals surface area (Å²) in [5.74, 6) is -0.184. The smallest absolute Gasteiger partial charge is 0.387 e. The van der Waals surface area contributed by atoms with E-state index in [1.165, 1.54) is 167 Å². The van der Waals surface area contributed by atoms with Crippen molar-refractivity contribution < 1.29 is 32.9 Å². The molecule has 1 amide bonds. The van der Waals surface area contributed by atoms with Crippen LogP contribution >= 0.6 is 7.82 Å². The molecule has 0 spiro atoms. The molecule has 0 aromatic rings. The molecule has 0 aliphatic carbocycles. The summed E-state index contributed by atoms with van der Waals surface area (Å²) in [5.41, 5.74) is 0. The molecule has 0 aliphatic rings. The minimum absolute atomic E-state index is 0.0584. The summed E-state index contributed by atoms with van der Waals surface area (Å²) in [4.78, 5) is 23.2. The van der Waals surface area contributed by atoms with Crippen LogP contribution in [0.1, 0.15) is 226 Å². The van der Waals surface area contributed by atoms with Gasteiger partial charge in [0.15, 0.2) is 0 Å². The van der Waals surface area contributed by atoms with Gasteiger partial charge in [-0.1, -0.05) is 212 Å². The van der Waals surface area contributed by atoms with Gasteiger partial charge in [-0.2, -0.15) is 0 Å². The molecular weight excluding hydrogens is 732 g/mol. The molecule has 0 saturated carbocycles. The van der Waals surface area contributed by atoms with Crippen LogP contribution in [0.15, 0.2) is 24.3 Å². The highest BCUT2D eigenvalue weighted by Crippen LogP contribution is 2.43. The molecule has 0 aromatic heterocycles. The SMILES string of the molecule is CCCCCCCCCCCCCC/C=C/CC/C=C/C(O)C(COP(=O)(O)OCC[N+](C)(C)C)NC(=O)CCCCCCCCCCCCCCCCCCC. The van der Waals surface area contributed by atoms with Crippen LogP contribution in [0.3, 0.4) is 0 Å². The predicted molar refractivity (Wildman–Crippen MR) is 245 cm³/mol. The Morgan fingerprint density at radius 3 is 1.40 bits per heavy atom. The third-order valence-electron chi connectivity index (χ3n) is 10.9. The van der Waals surface area contributed by atoms with Crippen LogP contribution < -0.4 is 5.32 Å². The van der Waals surface area contributed by atoms with Crippen molar-refractivity contribution in [2.75, 3.05) is 40.9 Å². The number of nitrogens with one attached hydrogen (secondary N) is 1. The van der Waals surface area contributed by atoms with Crippen LogP contribution in [-0.2, 0) is 18.4 Å². The molecule has 8 nitrogen and oxygen atoms in total. The maximum absolute atomic E-state index is 12.9. The number of aliphatic hydroxyl groups excluding tert-OH is 1. The van der Waals surface area contributed by atoms with Crippen molar-refractivity contribution in [3.05, 3.63) is 24.3 Å². The predicted octanol–water partition coefficient (Wildman–Crippen LogP) is 13.7. The Kier molecular flexibility index (Phi) is 39.7. The maximum atomic E-state index is 12.9. The molecule has 0 saturated heterocycles. The summed E-state index contributed by atoms with van der Waals surface area (Å²) in [6.45, 7) is 4.81. The number of rotatable bonds is 44. The van der Waals surface area contributed by atoms with Crippen LogP contribution in [0.4, 0.5) is 0 Å². The summed E-state index contributed by atoms with van der Waals surface area (Å²) in [6.07, 6.45) is 48.2. The van der Waals surface area contributed by atoms with E-state index in [9.17, 15) is 19.4 Å². The van der Waals surface area contributed by atoms with E-state index in [1.54, 1.807) is 6.08 Å². The van der Waals surface area contributed by atoms with Crippen molar-refractivity contribution >= 4 is 13.7 Å². The third-order valence-corrected chi connectivity index (χ3v) is 11.9. The van der Waals surface area contributed by atoms with Crippen molar-refractivity contribution in [1.82, 2.24) is 5.32 Å². The number of unbranched alkanes of at least 4 members (excludes halogenated alkanes) is 29. The second-order valence-electron chi connectivity index (χ2n) is 17.8. The van der Waals surface area contributed by atoms with Gasteiger partial charge in [0.25, 0.3) is 0 Å². The van der Waals surface area contributed by atoms with Crippen LogP contribution in [0.2, 0.25) is 0 Å². The highest BCUT2D eigenvalue weighted by atomic mass is 31.2. The molecule has 57 heavy (non-hydrogen) atoms. The Morgan fingerprint density at radius 2 is 0.965 bits per heavy atom. The zero-order chi connectivity index (χ0) is 42.1. The average Bonchev–Trinajstić information content (AvgIpc) is 3.16. The third kappa shape index (κ3) is 42.9. The van der Waals surface area contributed by atoms with Crippen molar-refractivity contribution in [3.8, 4) is 0 Å². The molecule has 3 atom stereocenters. The van der Waals surface area contributed by atoms with Gasteiger partial charge in [0.05, 0.1) is 39.9 Å². The zero-order valence-electron chi connectivity index (χ0n) is 38.3. The Bertz CT molecular complexity index is 984. The van der Waals surface area contributed by atoms with Crippen molar-refractivity contribution in [1.29, 1.82) is 0 Å². The lowest BCUT2D eigenvalue weighted by atomic mass is 10.0. The van der Waals surface area contributed by atoms with Crippen LogP contribution in [0, 0.1) is 0 Å². The van der Waals surface area contributed by atoms with Gasteiger partial charge < -0.3 is 19.8 Å². The first-order valence-corrected chi connectivity index (χ1v) is 25.7. The number of allylic oxidation sites excluding steroid dienone is 3. The second-order valence-corrected chi connectivity index (χ2v) is 19.3. The van der Waals surface area contributed by atoms with Crippen LogP contribution in [0.5, 0.6) is 0 Å². The van der Waals surface area contributed by atoms with E-state index in [0.29, 0.717) is 17.4 Å². The molecule has 0 fully saturated rings. The summed E-state index contributed by atoms with van der Waals surface area (Å²) in [5, 5.41) is 13.8. The Balaban J connectivity index is 4.39. The topological polar surface area (TPSA) is 105 Å². The van der Waals surface area contributed by atoms with Gasteiger partial charge in [0, 0.05) is 6.42 Å². The first-order valence-electron chi connectivity index (χ1n) is 24.2. The minimum Gasteiger partial charge on any atom is -0.387 e. The molecule has 3 N–H and O–H groups in total. The van der Waals surface area contributed by atoms with E-state index >= 15 is 0 Å². The number of quaternary nitrogens is 1. The van der Waals surface area contributed by atoms with Crippen molar-refractivity contribution in [2.24, 2.45) is 0 Å². The molecular formula is C48H96N2O6P+. The van der Waals surface area contributed by atoms with Crippen molar-refractivity contribution in [2.45, 2.75) is 238 Å². The lowest BCUT2D eigenvalue weighted by Gasteiger charge is -2.25. The summed E-state index contributed by atoms with van der Waals surface area (Å²) >= 11 is 0. The summed E-state index contributed by atoms with van der Waals surface area (Å²) in [7, 11) is 1.56. The lowest BCUT2D eigenvalue weighted by Crippen LogP contribution is -2.45. The number of phosphoric ester groups is 1. The molecule has 0 aromatic carbocycles. The van der Waals surface area contributed by atoms with Gasteiger partial charge in [-0.05, 0) is 32.1 Å². The maximum Gasteiger partial charge on any atom is 0.472 e. The molecule has 0 heterocycles. The highest BCUT2D eigenvalue weighted by molar-refractivity contribution is 7.47. The Labute approximate surface area is 354 Å². The minimum atomic E-state index is -4.34. The fourth-order valence-electron chi connectivity index (χ4n) is 7.06. The number of carbonyl (C=O) groups excluding carboxylic acids is 1. The summed E-state index contributed by atoms with van der Waals surface area (Å²) in [6, 6.07) is -0.858. The number of aliphatic hydroxyl groups is 1. The second kappa shape index (κ2) is 40.4.